The predicted octanol–water partition coefficient (Wildman–Crippen LogP) is 16.4. The molecule has 0 aliphatic carbocycles. The zero-order valence-corrected chi connectivity index (χ0v) is 32.5. The van der Waals surface area contributed by atoms with Gasteiger partial charge in [0.1, 0.15) is 0 Å². The average molecular weight is 750 g/mol. The van der Waals surface area contributed by atoms with Crippen molar-refractivity contribution in [3.8, 4) is 44.5 Å². The fourth-order valence-corrected chi connectivity index (χ4v) is 8.98. The molecule has 11 aromatic rings. The molecule has 0 bridgehead atoms. The summed E-state index contributed by atoms with van der Waals surface area (Å²) in [5, 5.41) is 9.87. The van der Waals surface area contributed by atoms with Crippen LogP contribution in [0.1, 0.15) is 0 Å². The molecule has 0 fully saturated rings. The van der Waals surface area contributed by atoms with Crippen LogP contribution in [0.2, 0.25) is 0 Å². The van der Waals surface area contributed by atoms with Crippen molar-refractivity contribution in [2.45, 2.75) is 0 Å². The largest absolute Gasteiger partial charge is 0.309 e. The van der Waals surface area contributed by atoms with E-state index >= 15 is 0 Å². The molecule has 0 amide bonds. The lowest BCUT2D eigenvalue weighted by Gasteiger charge is -2.31. The molecule has 1 nitrogen and oxygen atoms in total. The van der Waals surface area contributed by atoms with Crippen LogP contribution in [0.5, 0.6) is 0 Å². The lowest BCUT2D eigenvalue weighted by atomic mass is 9.88. The molecule has 0 unspecified atom stereocenters. The monoisotopic (exact) mass is 749 g/mol. The van der Waals surface area contributed by atoms with Crippen LogP contribution in [0.15, 0.2) is 237 Å². The molecule has 11 rings (SSSR count). The summed E-state index contributed by atoms with van der Waals surface area (Å²) < 4.78 is 0. The molecule has 11 aromatic carbocycles. The number of nitrogens with zero attached hydrogens (tertiary/aromatic N) is 1. The number of rotatable bonds is 7. The second-order valence-electron chi connectivity index (χ2n) is 15.3. The van der Waals surface area contributed by atoms with Crippen LogP contribution in [0.4, 0.5) is 17.1 Å². The normalized spacial score (nSPS) is 11.4. The SMILES string of the molecule is c1ccc(-c2cccc(-c3c(N(c4ccc(-c5ccc6ccccc6c5)cc4)c4ccc(-c5cccc6ccccc56)cc4)c4ccccc4c4ccccc34)c2)cc1. The Hall–Kier alpha value is -7.74. The van der Waals surface area contributed by atoms with E-state index in [9.17, 15) is 0 Å². The summed E-state index contributed by atoms with van der Waals surface area (Å²) in [6, 6.07) is 86.4. The van der Waals surface area contributed by atoms with Crippen molar-refractivity contribution >= 4 is 60.2 Å². The van der Waals surface area contributed by atoms with Crippen LogP contribution in [0.3, 0.4) is 0 Å². The molecule has 1 heteroatoms. The highest BCUT2D eigenvalue weighted by molar-refractivity contribution is 6.22. The Balaban J connectivity index is 1.16. The Morgan fingerprint density at radius 1 is 0.237 bits per heavy atom. The zero-order valence-electron chi connectivity index (χ0n) is 32.5. The lowest BCUT2D eigenvalue weighted by molar-refractivity contribution is 1.30. The lowest BCUT2D eigenvalue weighted by Crippen LogP contribution is -2.12. The van der Waals surface area contributed by atoms with Gasteiger partial charge in [-0.1, -0.05) is 200 Å². The van der Waals surface area contributed by atoms with Gasteiger partial charge in [0.15, 0.2) is 0 Å². The van der Waals surface area contributed by atoms with Gasteiger partial charge in [-0.15, -0.1) is 0 Å². The molecule has 0 spiro atoms. The minimum Gasteiger partial charge on any atom is -0.309 e. The number of fused-ring (bicyclic) bond motifs is 5. The number of benzene rings is 11. The third-order valence-corrected chi connectivity index (χ3v) is 11.8. The van der Waals surface area contributed by atoms with Crippen LogP contribution in [-0.4, -0.2) is 0 Å². The molecule has 0 aliphatic rings. The van der Waals surface area contributed by atoms with Crippen LogP contribution in [0, 0.1) is 0 Å². The van der Waals surface area contributed by atoms with Crippen LogP contribution in [-0.2, 0) is 0 Å². The van der Waals surface area contributed by atoms with Gasteiger partial charge in [0.2, 0.25) is 0 Å². The van der Waals surface area contributed by atoms with Crippen LogP contribution >= 0.6 is 0 Å². The zero-order chi connectivity index (χ0) is 39.1. The van der Waals surface area contributed by atoms with E-state index in [1.165, 1.54) is 87.6 Å². The maximum Gasteiger partial charge on any atom is 0.0624 e. The molecule has 0 aromatic heterocycles. The summed E-state index contributed by atoms with van der Waals surface area (Å²) in [5.74, 6) is 0. The molecule has 0 saturated carbocycles. The highest BCUT2D eigenvalue weighted by Crippen LogP contribution is 2.50. The molecule has 0 N–H and O–H groups in total. The summed E-state index contributed by atoms with van der Waals surface area (Å²) in [7, 11) is 0. The molecular formula is C58H39N. The van der Waals surface area contributed by atoms with E-state index in [4.69, 9.17) is 0 Å². The van der Waals surface area contributed by atoms with Gasteiger partial charge in [-0.3, -0.25) is 0 Å². The van der Waals surface area contributed by atoms with Crippen LogP contribution in [0.25, 0.3) is 87.6 Å². The predicted molar refractivity (Wildman–Crippen MR) is 253 cm³/mol. The summed E-state index contributed by atoms with van der Waals surface area (Å²) in [6.07, 6.45) is 0. The van der Waals surface area contributed by atoms with Gasteiger partial charge in [0.05, 0.1) is 5.69 Å². The number of anilines is 3. The van der Waals surface area contributed by atoms with E-state index < -0.39 is 0 Å². The molecule has 0 atom stereocenters. The van der Waals surface area contributed by atoms with Gasteiger partial charge in [-0.05, 0) is 113 Å². The van der Waals surface area contributed by atoms with E-state index in [-0.39, 0.29) is 0 Å². The molecule has 0 aliphatic heterocycles. The minimum atomic E-state index is 1.09. The Kier molecular flexibility index (Phi) is 8.56. The molecule has 0 radical (unpaired) electrons. The van der Waals surface area contributed by atoms with Crippen molar-refractivity contribution < 1.29 is 0 Å². The topological polar surface area (TPSA) is 3.24 Å². The van der Waals surface area contributed by atoms with Gasteiger partial charge in [0.25, 0.3) is 0 Å². The first kappa shape index (κ1) is 34.5. The van der Waals surface area contributed by atoms with Crippen molar-refractivity contribution in [1.82, 2.24) is 0 Å². The second kappa shape index (κ2) is 14.6. The molecule has 59 heavy (non-hydrogen) atoms. The second-order valence-corrected chi connectivity index (χ2v) is 15.3. The quantitative estimate of drug-likeness (QED) is 0.147. The molecule has 276 valence electrons. The first-order valence-corrected chi connectivity index (χ1v) is 20.3. The smallest absolute Gasteiger partial charge is 0.0624 e. The van der Waals surface area contributed by atoms with Gasteiger partial charge in [-0.25, -0.2) is 0 Å². The average Bonchev–Trinajstić information content (AvgIpc) is 3.32. The first-order valence-electron chi connectivity index (χ1n) is 20.3. The molecular weight excluding hydrogens is 711 g/mol. The van der Waals surface area contributed by atoms with Crippen molar-refractivity contribution in [3.05, 3.63) is 237 Å². The Bertz CT molecular complexity index is 3300. The van der Waals surface area contributed by atoms with E-state index in [1.807, 2.05) is 0 Å². The molecule has 0 saturated heterocycles. The van der Waals surface area contributed by atoms with E-state index in [0.29, 0.717) is 0 Å². The van der Waals surface area contributed by atoms with Gasteiger partial charge in [0, 0.05) is 22.3 Å². The van der Waals surface area contributed by atoms with Crippen molar-refractivity contribution in [2.75, 3.05) is 4.90 Å². The summed E-state index contributed by atoms with van der Waals surface area (Å²) >= 11 is 0. The van der Waals surface area contributed by atoms with Crippen LogP contribution < -0.4 is 4.90 Å². The fourth-order valence-electron chi connectivity index (χ4n) is 8.98. The maximum absolute atomic E-state index is 2.48. The molecule has 0 heterocycles. The maximum atomic E-state index is 2.48. The van der Waals surface area contributed by atoms with Gasteiger partial charge in [-0.2, -0.15) is 0 Å². The Labute approximate surface area is 344 Å². The third-order valence-electron chi connectivity index (χ3n) is 11.8. The van der Waals surface area contributed by atoms with E-state index in [1.54, 1.807) is 0 Å². The van der Waals surface area contributed by atoms with E-state index in [2.05, 4.69) is 241 Å². The highest BCUT2D eigenvalue weighted by atomic mass is 15.1. The third kappa shape index (κ3) is 6.21. The van der Waals surface area contributed by atoms with Gasteiger partial charge >= 0.3 is 0 Å². The fraction of sp³-hybridized carbons (Fsp3) is 0. The van der Waals surface area contributed by atoms with Crippen molar-refractivity contribution in [3.63, 3.8) is 0 Å². The van der Waals surface area contributed by atoms with Crippen molar-refractivity contribution in [2.24, 2.45) is 0 Å². The Morgan fingerprint density at radius 3 is 1.46 bits per heavy atom. The summed E-state index contributed by atoms with van der Waals surface area (Å²) in [4.78, 5) is 2.48. The highest BCUT2D eigenvalue weighted by Gasteiger charge is 2.24. The van der Waals surface area contributed by atoms with E-state index in [0.717, 1.165) is 17.1 Å². The first-order chi connectivity index (χ1) is 29.3. The minimum absolute atomic E-state index is 1.09. The number of hydrogen-bond donors (Lipinski definition) is 0. The summed E-state index contributed by atoms with van der Waals surface area (Å²) in [5.41, 5.74) is 12.9. The number of hydrogen-bond acceptors (Lipinski definition) is 1. The van der Waals surface area contributed by atoms with Crippen molar-refractivity contribution in [1.29, 1.82) is 0 Å². The standard InChI is InChI=1S/C58H39N/c1-2-14-40(15-3-1)46-20-12-21-48(39-46)57-55-25-10-8-23-53(55)54-24-9-11-26-56(54)58(57)59(49-34-30-42(31-35-49)47-29-28-41-16-4-5-18-45(41)38-47)50-36-32-44(33-37-50)52-27-13-19-43-17-6-7-22-51(43)52/h1-39H. The van der Waals surface area contributed by atoms with Gasteiger partial charge < -0.3 is 4.90 Å². The summed E-state index contributed by atoms with van der Waals surface area (Å²) in [6.45, 7) is 0. The Morgan fingerprint density at radius 2 is 0.712 bits per heavy atom.